The summed E-state index contributed by atoms with van der Waals surface area (Å²) in [7, 11) is -3.75. The van der Waals surface area contributed by atoms with E-state index < -0.39 is 28.5 Å². The molecule has 172 valence electrons. The molecule has 1 N–H and O–H groups in total. The number of anilines is 1. The minimum Gasteiger partial charge on any atom is -0.452 e. The average Bonchev–Trinajstić information content (AvgIpc) is 3.32. The Morgan fingerprint density at radius 3 is 2.61 bits per heavy atom. The van der Waals surface area contributed by atoms with Gasteiger partial charge in [-0.25, -0.2) is 18.2 Å². The van der Waals surface area contributed by atoms with E-state index >= 15 is 0 Å². The third-order valence-electron chi connectivity index (χ3n) is 4.83. The van der Waals surface area contributed by atoms with E-state index in [9.17, 15) is 18.0 Å². The molecule has 11 heteroatoms. The summed E-state index contributed by atoms with van der Waals surface area (Å²) in [4.78, 5) is 28.9. The van der Waals surface area contributed by atoms with Crippen molar-refractivity contribution in [2.45, 2.75) is 4.90 Å². The maximum Gasteiger partial charge on any atom is 0.338 e. The molecule has 0 aliphatic carbocycles. The van der Waals surface area contributed by atoms with Crippen molar-refractivity contribution in [3.8, 4) is 11.3 Å². The van der Waals surface area contributed by atoms with Crippen molar-refractivity contribution in [3.05, 3.63) is 65.5 Å². The highest BCUT2D eigenvalue weighted by Gasteiger charge is 2.27. The Balaban J connectivity index is 1.35. The highest BCUT2D eigenvalue weighted by Crippen LogP contribution is 2.24. The van der Waals surface area contributed by atoms with Crippen molar-refractivity contribution >= 4 is 38.4 Å². The number of carbonyl (C=O) groups excluding carboxylic acids is 2. The molecule has 1 aliphatic rings. The summed E-state index contributed by atoms with van der Waals surface area (Å²) in [6, 6.07) is 15.1. The summed E-state index contributed by atoms with van der Waals surface area (Å²) in [6.07, 6.45) is 0. The number of nitrogens with zero attached hydrogens (tertiary/aromatic N) is 2. The number of sulfonamides is 1. The highest BCUT2D eigenvalue weighted by molar-refractivity contribution is 7.89. The highest BCUT2D eigenvalue weighted by atomic mass is 32.2. The van der Waals surface area contributed by atoms with Gasteiger partial charge >= 0.3 is 5.97 Å². The first-order chi connectivity index (χ1) is 15.9. The van der Waals surface area contributed by atoms with E-state index in [1.165, 1.54) is 39.9 Å². The van der Waals surface area contributed by atoms with Crippen molar-refractivity contribution < 1.29 is 27.5 Å². The number of amides is 1. The third-order valence-corrected chi connectivity index (χ3v) is 7.48. The minimum atomic E-state index is -3.75. The molecular weight excluding hydrogens is 466 g/mol. The van der Waals surface area contributed by atoms with E-state index in [0.717, 1.165) is 11.3 Å². The van der Waals surface area contributed by atoms with Crippen LogP contribution in [-0.2, 0) is 24.3 Å². The van der Waals surface area contributed by atoms with E-state index in [1.54, 1.807) is 0 Å². The van der Waals surface area contributed by atoms with Gasteiger partial charge < -0.3 is 9.47 Å². The molecule has 0 saturated carbocycles. The molecule has 0 spiro atoms. The lowest BCUT2D eigenvalue weighted by Gasteiger charge is -2.26. The Labute approximate surface area is 195 Å². The van der Waals surface area contributed by atoms with E-state index in [2.05, 4.69) is 10.3 Å². The zero-order chi connectivity index (χ0) is 23.3. The molecule has 0 radical (unpaired) electrons. The largest absolute Gasteiger partial charge is 0.452 e. The van der Waals surface area contributed by atoms with Crippen LogP contribution in [0, 0.1) is 0 Å². The lowest BCUT2D eigenvalue weighted by atomic mass is 10.2. The number of hydrogen-bond donors (Lipinski definition) is 1. The van der Waals surface area contributed by atoms with Crippen LogP contribution in [0.25, 0.3) is 11.3 Å². The fraction of sp³-hybridized carbons (Fsp3) is 0.227. The van der Waals surface area contributed by atoms with Gasteiger partial charge in [-0.3, -0.25) is 10.1 Å². The van der Waals surface area contributed by atoms with Gasteiger partial charge in [0.1, 0.15) is 0 Å². The number of nitrogens with one attached hydrogen (secondary N) is 1. The van der Waals surface area contributed by atoms with E-state index in [0.29, 0.717) is 18.3 Å². The van der Waals surface area contributed by atoms with Crippen LogP contribution in [0.15, 0.2) is 64.9 Å². The Kier molecular flexibility index (Phi) is 7.14. The molecule has 33 heavy (non-hydrogen) atoms. The number of esters is 1. The summed E-state index contributed by atoms with van der Waals surface area (Å²) in [6.45, 7) is 0.614. The molecule has 3 aromatic rings. The molecule has 0 bridgehead atoms. The fourth-order valence-corrected chi connectivity index (χ4v) is 5.35. The van der Waals surface area contributed by atoms with Crippen LogP contribution < -0.4 is 5.32 Å². The molecule has 2 heterocycles. The summed E-state index contributed by atoms with van der Waals surface area (Å²) < 4.78 is 37.1. The van der Waals surface area contributed by atoms with Crippen molar-refractivity contribution in [2.24, 2.45) is 0 Å². The van der Waals surface area contributed by atoms with Crippen LogP contribution in [-0.4, -0.2) is 62.5 Å². The summed E-state index contributed by atoms with van der Waals surface area (Å²) in [5.74, 6) is -1.34. The van der Waals surface area contributed by atoms with Crippen molar-refractivity contribution in [1.29, 1.82) is 0 Å². The van der Waals surface area contributed by atoms with Gasteiger partial charge in [0.05, 0.1) is 29.4 Å². The Morgan fingerprint density at radius 2 is 1.85 bits per heavy atom. The molecular formula is C22H21N3O6S2. The van der Waals surface area contributed by atoms with Crippen LogP contribution in [0.5, 0.6) is 0 Å². The molecule has 1 aromatic heterocycles. The van der Waals surface area contributed by atoms with Gasteiger partial charge in [-0.15, -0.1) is 11.3 Å². The normalized spacial score (nSPS) is 14.5. The Morgan fingerprint density at radius 1 is 1.09 bits per heavy atom. The molecule has 1 fully saturated rings. The smallest absolute Gasteiger partial charge is 0.338 e. The predicted octanol–water partition coefficient (Wildman–Crippen LogP) is 2.63. The number of thiazole rings is 1. The van der Waals surface area contributed by atoms with Crippen LogP contribution in [0.4, 0.5) is 5.13 Å². The van der Waals surface area contributed by atoms with Crippen molar-refractivity contribution in [3.63, 3.8) is 0 Å². The van der Waals surface area contributed by atoms with Crippen molar-refractivity contribution in [1.82, 2.24) is 9.29 Å². The van der Waals surface area contributed by atoms with Gasteiger partial charge in [0.15, 0.2) is 11.7 Å². The zero-order valence-corrected chi connectivity index (χ0v) is 19.1. The number of hydrogen-bond acceptors (Lipinski definition) is 8. The summed E-state index contributed by atoms with van der Waals surface area (Å²) in [5.41, 5.74) is 1.69. The van der Waals surface area contributed by atoms with Crippen LogP contribution in [0.3, 0.4) is 0 Å². The van der Waals surface area contributed by atoms with Crippen molar-refractivity contribution in [2.75, 3.05) is 38.2 Å². The monoisotopic (exact) mass is 487 g/mol. The van der Waals surface area contributed by atoms with Gasteiger partial charge in [-0.05, 0) is 18.2 Å². The molecule has 4 rings (SSSR count). The molecule has 2 aromatic carbocycles. The fourth-order valence-electron chi connectivity index (χ4n) is 3.16. The quantitative estimate of drug-likeness (QED) is 0.510. The lowest BCUT2D eigenvalue weighted by Crippen LogP contribution is -2.40. The topological polar surface area (TPSA) is 115 Å². The second kappa shape index (κ2) is 10.2. The van der Waals surface area contributed by atoms with Gasteiger partial charge in [0.2, 0.25) is 10.0 Å². The maximum atomic E-state index is 12.8. The van der Waals surface area contributed by atoms with Crippen LogP contribution >= 0.6 is 11.3 Å². The number of benzene rings is 2. The first-order valence-electron chi connectivity index (χ1n) is 10.1. The van der Waals surface area contributed by atoms with Crippen LogP contribution in [0.2, 0.25) is 0 Å². The van der Waals surface area contributed by atoms with Gasteiger partial charge in [-0.2, -0.15) is 4.31 Å². The zero-order valence-electron chi connectivity index (χ0n) is 17.5. The van der Waals surface area contributed by atoms with E-state index in [1.807, 2.05) is 35.7 Å². The summed E-state index contributed by atoms with van der Waals surface area (Å²) in [5, 5.41) is 4.79. The van der Waals surface area contributed by atoms with Crippen LogP contribution in [0.1, 0.15) is 10.4 Å². The number of morpholine rings is 1. The third kappa shape index (κ3) is 5.63. The number of rotatable bonds is 7. The molecule has 1 saturated heterocycles. The average molecular weight is 488 g/mol. The number of carbonyl (C=O) groups is 2. The molecule has 1 amide bonds. The number of aromatic nitrogens is 1. The first kappa shape index (κ1) is 23.1. The van der Waals surface area contributed by atoms with E-state index in [4.69, 9.17) is 9.47 Å². The molecule has 9 nitrogen and oxygen atoms in total. The minimum absolute atomic E-state index is 0.0143. The molecule has 0 atom stereocenters. The second-order valence-electron chi connectivity index (χ2n) is 7.07. The van der Waals surface area contributed by atoms with Gasteiger partial charge in [0, 0.05) is 24.0 Å². The second-order valence-corrected chi connectivity index (χ2v) is 9.87. The Bertz CT molecular complexity index is 1240. The molecule has 1 aliphatic heterocycles. The summed E-state index contributed by atoms with van der Waals surface area (Å²) >= 11 is 1.26. The predicted molar refractivity (Wildman–Crippen MR) is 122 cm³/mol. The molecule has 0 unspecified atom stereocenters. The maximum absolute atomic E-state index is 12.8. The number of ether oxygens (including phenoxy) is 2. The standard InChI is InChI=1S/C22H21N3O6S2/c26-20(24-22-23-19(15-32-22)16-5-2-1-3-6-16)14-31-21(27)17-7-4-8-18(13-17)33(28,29)25-9-11-30-12-10-25/h1-8,13,15H,9-12,14H2,(H,23,24,26). The SMILES string of the molecule is O=C(COC(=O)c1cccc(S(=O)(=O)N2CCOCC2)c1)Nc1nc(-c2ccccc2)cs1. The van der Waals surface area contributed by atoms with Gasteiger partial charge in [-0.1, -0.05) is 36.4 Å². The lowest BCUT2D eigenvalue weighted by molar-refractivity contribution is -0.119. The Hall–Kier alpha value is -3.12. The first-order valence-corrected chi connectivity index (χ1v) is 12.4. The van der Waals surface area contributed by atoms with Gasteiger partial charge in [0.25, 0.3) is 5.91 Å². The van der Waals surface area contributed by atoms with E-state index in [-0.39, 0.29) is 23.5 Å².